The van der Waals surface area contributed by atoms with Crippen molar-refractivity contribution in [1.82, 2.24) is 5.32 Å². The minimum Gasteiger partial charge on any atom is -0.340 e. The molecule has 114 valence electrons. The summed E-state index contributed by atoms with van der Waals surface area (Å²) in [6, 6.07) is 6.93. The van der Waals surface area contributed by atoms with Crippen LogP contribution in [0.5, 0.6) is 0 Å². The van der Waals surface area contributed by atoms with Gasteiger partial charge in [-0.25, -0.2) is 0 Å². The van der Waals surface area contributed by atoms with Crippen LogP contribution in [0.3, 0.4) is 0 Å². The van der Waals surface area contributed by atoms with Gasteiger partial charge in [0, 0.05) is 6.54 Å². The van der Waals surface area contributed by atoms with E-state index in [0.717, 1.165) is 24.9 Å². The van der Waals surface area contributed by atoms with E-state index in [0.29, 0.717) is 12.1 Å². The maximum absolute atomic E-state index is 12.9. The number of unbranched alkanes of at least 4 members (excludes halogenated alkanes) is 1. The molecule has 1 aliphatic heterocycles. The number of carbonyl (C=O) groups excluding carboxylic acids is 2. The highest BCUT2D eigenvalue weighted by Gasteiger charge is 2.35. The molecular weight excluding hydrogens is 264 g/mol. The van der Waals surface area contributed by atoms with Crippen LogP contribution in [0, 0.1) is 5.92 Å². The maximum Gasteiger partial charge on any atom is 0.254 e. The number of carbonyl (C=O) groups is 2. The van der Waals surface area contributed by atoms with Gasteiger partial charge in [-0.15, -0.1) is 0 Å². The van der Waals surface area contributed by atoms with E-state index in [-0.39, 0.29) is 17.7 Å². The topological polar surface area (TPSA) is 49.4 Å². The molecule has 0 radical (unpaired) electrons. The van der Waals surface area contributed by atoms with Crippen molar-refractivity contribution < 1.29 is 9.59 Å². The Labute approximate surface area is 126 Å². The summed E-state index contributed by atoms with van der Waals surface area (Å²) in [5, 5.41) is 2.91. The van der Waals surface area contributed by atoms with Crippen molar-refractivity contribution in [2.75, 3.05) is 11.4 Å². The molecule has 0 spiro atoms. The molecule has 1 aromatic rings. The molecule has 2 unspecified atom stereocenters. The summed E-state index contributed by atoms with van der Waals surface area (Å²) < 4.78 is 0. The summed E-state index contributed by atoms with van der Waals surface area (Å²) in [7, 11) is 0. The third-order valence-corrected chi connectivity index (χ3v) is 4.21. The van der Waals surface area contributed by atoms with Crippen molar-refractivity contribution in [3.05, 3.63) is 29.8 Å². The first-order chi connectivity index (χ1) is 10.1. The van der Waals surface area contributed by atoms with Gasteiger partial charge >= 0.3 is 0 Å². The van der Waals surface area contributed by atoms with Crippen molar-refractivity contribution in [2.24, 2.45) is 5.92 Å². The molecule has 4 heteroatoms. The van der Waals surface area contributed by atoms with Crippen LogP contribution in [-0.2, 0) is 4.79 Å². The first kappa shape index (κ1) is 15.5. The van der Waals surface area contributed by atoms with Crippen LogP contribution >= 0.6 is 0 Å². The van der Waals surface area contributed by atoms with Crippen molar-refractivity contribution in [3.63, 3.8) is 0 Å². The zero-order chi connectivity index (χ0) is 15.4. The van der Waals surface area contributed by atoms with Crippen LogP contribution in [0.25, 0.3) is 0 Å². The highest BCUT2D eigenvalue weighted by atomic mass is 16.2. The summed E-state index contributed by atoms with van der Waals surface area (Å²) in [4.78, 5) is 27.1. The van der Waals surface area contributed by atoms with Gasteiger partial charge in [0.2, 0.25) is 5.91 Å². The summed E-state index contributed by atoms with van der Waals surface area (Å²) >= 11 is 0. The van der Waals surface area contributed by atoms with Gasteiger partial charge in [-0.2, -0.15) is 0 Å². The Bertz CT molecular complexity index is 527. The highest BCUT2D eigenvalue weighted by molar-refractivity contribution is 6.11. The van der Waals surface area contributed by atoms with E-state index in [4.69, 9.17) is 0 Å². The first-order valence-corrected chi connectivity index (χ1v) is 7.81. The van der Waals surface area contributed by atoms with Crippen molar-refractivity contribution >= 4 is 17.5 Å². The lowest BCUT2D eigenvalue weighted by atomic mass is 9.98. The summed E-state index contributed by atoms with van der Waals surface area (Å²) in [6.07, 6.45) is 2.80. The van der Waals surface area contributed by atoms with Crippen molar-refractivity contribution in [2.45, 2.75) is 46.1 Å². The van der Waals surface area contributed by atoms with Crippen LogP contribution < -0.4 is 10.2 Å². The van der Waals surface area contributed by atoms with Crippen LogP contribution in [0.1, 0.15) is 50.4 Å². The molecule has 0 bridgehead atoms. The SMILES string of the molecule is CCCCN1C(=O)C(C(C)CC)NC(=O)c2ccccc21. The third kappa shape index (κ3) is 3.09. The second-order valence-electron chi connectivity index (χ2n) is 5.70. The normalized spacial score (nSPS) is 19.8. The molecule has 1 N–H and O–H groups in total. The maximum atomic E-state index is 12.9. The Morgan fingerprint density at radius 2 is 1.95 bits per heavy atom. The number of hydrogen-bond donors (Lipinski definition) is 1. The van der Waals surface area contributed by atoms with Crippen LogP contribution in [0.2, 0.25) is 0 Å². The van der Waals surface area contributed by atoms with Crippen molar-refractivity contribution in [3.8, 4) is 0 Å². The minimum absolute atomic E-state index is 0.0103. The lowest BCUT2D eigenvalue weighted by molar-refractivity contribution is -0.121. The second kappa shape index (κ2) is 6.74. The van der Waals surface area contributed by atoms with Crippen LogP contribution in [-0.4, -0.2) is 24.4 Å². The van der Waals surface area contributed by atoms with Gasteiger partial charge < -0.3 is 10.2 Å². The Morgan fingerprint density at radius 3 is 2.62 bits per heavy atom. The molecule has 0 aliphatic carbocycles. The van der Waals surface area contributed by atoms with Crippen LogP contribution in [0.15, 0.2) is 24.3 Å². The van der Waals surface area contributed by atoms with E-state index < -0.39 is 6.04 Å². The summed E-state index contributed by atoms with van der Waals surface area (Å²) in [5.74, 6) is -0.0146. The number of nitrogens with zero attached hydrogens (tertiary/aromatic N) is 1. The molecule has 21 heavy (non-hydrogen) atoms. The molecule has 4 nitrogen and oxygen atoms in total. The Hall–Kier alpha value is -1.84. The quantitative estimate of drug-likeness (QED) is 0.905. The summed E-state index contributed by atoms with van der Waals surface area (Å²) in [6.45, 7) is 6.81. The standard InChI is InChI=1S/C17H24N2O2/c1-4-6-11-19-14-10-8-7-9-13(14)16(20)18-15(17(19)21)12(3)5-2/h7-10,12,15H,4-6,11H2,1-3H3,(H,18,20). The monoisotopic (exact) mass is 288 g/mol. The Kier molecular flexibility index (Phi) is 4.99. The van der Waals surface area contributed by atoms with Crippen molar-refractivity contribution in [1.29, 1.82) is 0 Å². The van der Waals surface area contributed by atoms with Gasteiger partial charge in [0.15, 0.2) is 0 Å². The Morgan fingerprint density at radius 1 is 1.24 bits per heavy atom. The molecular formula is C17H24N2O2. The molecule has 2 rings (SSSR count). The van der Waals surface area contributed by atoms with E-state index in [9.17, 15) is 9.59 Å². The molecule has 0 saturated carbocycles. The number of para-hydroxylation sites is 1. The van der Waals surface area contributed by atoms with E-state index >= 15 is 0 Å². The fourth-order valence-electron chi connectivity index (χ4n) is 2.64. The predicted molar refractivity (Wildman–Crippen MR) is 84.4 cm³/mol. The lowest BCUT2D eigenvalue weighted by Gasteiger charge is -2.27. The number of anilines is 1. The number of amides is 2. The van der Waals surface area contributed by atoms with Gasteiger partial charge in [0.25, 0.3) is 5.91 Å². The number of rotatable bonds is 5. The molecule has 1 aliphatic rings. The fraction of sp³-hybridized carbons (Fsp3) is 0.529. The van der Waals surface area contributed by atoms with E-state index in [1.165, 1.54) is 0 Å². The number of hydrogen-bond acceptors (Lipinski definition) is 2. The lowest BCUT2D eigenvalue weighted by Crippen LogP contribution is -2.49. The van der Waals surface area contributed by atoms with E-state index in [1.54, 1.807) is 11.0 Å². The van der Waals surface area contributed by atoms with Gasteiger partial charge in [-0.05, 0) is 24.5 Å². The zero-order valence-corrected chi connectivity index (χ0v) is 13.1. The summed E-state index contributed by atoms with van der Waals surface area (Å²) in [5.41, 5.74) is 1.33. The molecule has 0 saturated heterocycles. The predicted octanol–water partition coefficient (Wildman–Crippen LogP) is 2.98. The van der Waals surface area contributed by atoms with Gasteiger partial charge in [-0.1, -0.05) is 45.7 Å². The molecule has 0 fully saturated rings. The van der Waals surface area contributed by atoms with Crippen LogP contribution in [0.4, 0.5) is 5.69 Å². The second-order valence-corrected chi connectivity index (χ2v) is 5.70. The number of nitrogens with one attached hydrogen (secondary N) is 1. The zero-order valence-electron chi connectivity index (χ0n) is 13.1. The number of benzene rings is 1. The molecule has 1 heterocycles. The average molecular weight is 288 g/mol. The Balaban J connectivity index is 2.43. The van der Waals surface area contributed by atoms with Gasteiger partial charge in [0.1, 0.15) is 6.04 Å². The molecule has 1 aromatic carbocycles. The average Bonchev–Trinajstić information content (AvgIpc) is 2.61. The molecule has 2 amide bonds. The number of fused-ring (bicyclic) bond motifs is 1. The first-order valence-electron chi connectivity index (χ1n) is 7.81. The third-order valence-electron chi connectivity index (χ3n) is 4.21. The molecule has 0 aromatic heterocycles. The fourth-order valence-corrected chi connectivity index (χ4v) is 2.64. The van der Waals surface area contributed by atoms with Gasteiger partial charge in [-0.3, -0.25) is 9.59 Å². The van der Waals surface area contributed by atoms with Gasteiger partial charge in [0.05, 0.1) is 11.3 Å². The minimum atomic E-state index is -0.438. The highest BCUT2D eigenvalue weighted by Crippen LogP contribution is 2.26. The van der Waals surface area contributed by atoms with E-state index in [2.05, 4.69) is 12.2 Å². The molecule has 2 atom stereocenters. The largest absolute Gasteiger partial charge is 0.340 e. The van der Waals surface area contributed by atoms with E-state index in [1.807, 2.05) is 32.0 Å². The smallest absolute Gasteiger partial charge is 0.254 e.